The van der Waals surface area contributed by atoms with Crippen molar-refractivity contribution in [2.75, 3.05) is 32.1 Å². The van der Waals surface area contributed by atoms with E-state index in [0.29, 0.717) is 43.8 Å². The number of anilines is 1. The molecular formula is C21H34N6O2S. The summed E-state index contributed by atoms with van der Waals surface area (Å²) in [4.78, 5) is 21.7. The quantitative estimate of drug-likeness (QED) is 0.318. The number of hydrogen-bond donors (Lipinski definition) is 2. The first-order valence-electron chi connectivity index (χ1n) is 11.0. The first-order valence-corrected chi connectivity index (χ1v) is 11.8. The standard InChI is InChI=1S/C21H34N6O2S/c1-15(2)30-21-25-19(23-10-12-29-3)17-14-24-27(20(17)26-21)11-9-22-18(28)13-16-7-5-4-6-8-16/h14-16H,4-13H2,1-3H3,(H,22,28)(H,23,25,26). The van der Waals surface area contributed by atoms with Gasteiger partial charge in [0.25, 0.3) is 0 Å². The topological polar surface area (TPSA) is 94.0 Å². The SMILES string of the molecule is COCCNc1nc(SC(C)C)nc2c1cnn2CCNC(=O)CC1CCCCC1. The van der Waals surface area contributed by atoms with Crippen LogP contribution in [0, 0.1) is 5.92 Å². The highest BCUT2D eigenvalue weighted by atomic mass is 32.2. The number of carbonyl (C=O) groups excluding carboxylic acids is 1. The molecule has 8 nitrogen and oxygen atoms in total. The van der Waals surface area contributed by atoms with E-state index in [1.54, 1.807) is 25.1 Å². The van der Waals surface area contributed by atoms with Crippen LogP contribution in [0.3, 0.4) is 0 Å². The minimum absolute atomic E-state index is 0.144. The highest BCUT2D eigenvalue weighted by Crippen LogP contribution is 2.27. The number of methoxy groups -OCH3 is 1. The zero-order valence-corrected chi connectivity index (χ0v) is 19.1. The van der Waals surface area contributed by atoms with Crippen LogP contribution in [0.5, 0.6) is 0 Å². The van der Waals surface area contributed by atoms with Crippen molar-refractivity contribution in [1.29, 1.82) is 0 Å². The summed E-state index contributed by atoms with van der Waals surface area (Å²) in [6, 6.07) is 0. The van der Waals surface area contributed by atoms with Crippen molar-refractivity contribution in [3.8, 4) is 0 Å². The third kappa shape index (κ3) is 6.57. The van der Waals surface area contributed by atoms with E-state index in [4.69, 9.17) is 9.72 Å². The summed E-state index contributed by atoms with van der Waals surface area (Å²) in [6.07, 6.45) is 8.63. The molecule has 0 aromatic carbocycles. The molecule has 1 aliphatic rings. The number of nitrogens with zero attached hydrogens (tertiary/aromatic N) is 4. The Hall–Kier alpha value is -1.87. The van der Waals surface area contributed by atoms with E-state index in [-0.39, 0.29) is 5.91 Å². The molecule has 1 aliphatic carbocycles. The van der Waals surface area contributed by atoms with Crippen molar-refractivity contribution in [1.82, 2.24) is 25.1 Å². The Labute approximate surface area is 182 Å². The molecule has 1 amide bonds. The van der Waals surface area contributed by atoms with Gasteiger partial charge in [-0.25, -0.2) is 14.6 Å². The molecule has 3 rings (SSSR count). The predicted molar refractivity (Wildman–Crippen MR) is 121 cm³/mol. The third-order valence-electron chi connectivity index (χ3n) is 5.26. The lowest BCUT2D eigenvalue weighted by Gasteiger charge is -2.20. The Kier molecular flexibility index (Phi) is 8.74. The Morgan fingerprint density at radius 1 is 1.27 bits per heavy atom. The molecule has 9 heteroatoms. The van der Waals surface area contributed by atoms with Crippen LogP contribution < -0.4 is 10.6 Å². The summed E-state index contributed by atoms with van der Waals surface area (Å²) in [7, 11) is 1.68. The van der Waals surface area contributed by atoms with Gasteiger partial charge in [0, 0.05) is 31.9 Å². The molecule has 30 heavy (non-hydrogen) atoms. The predicted octanol–water partition coefficient (Wildman–Crippen LogP) is 3.47. The molecule has 0 bridgehead atoms. The molecule has 166 valence electrons. The van der Waals surface area contributed by atoms with E-state index >= 15 is 0 Å². The molecule has 0 aliphatic heterocycles. The van der Waals surface area contributed by atoms with Gasteiger partial charge in [-0.05, 0) is 18.8 Å². The molecule has 0 unspecified atom stereocenters. The molecule has 0 spiro atoms. The Morgan fingerprint density at radius 2 is 2.07 bits per heavy atom. The first-order chi connectivity index (χ1) is 14.6. The summed E-state index contributed by atoms with van der Waals surface area (Å²) in [6.45, 7) is 6.63. The van der Waals surface area contributed by atoms with Crippen LogP contribution in [-0.2, 0) is 16.1 Å². The second-order valence-electron chi connectivity index (χ2n) is 8.10. The molecule has 1 fully saturated rings. The van der Waals surface area contributed by atoms with Gasteiger partial charge in [0.05, 0.1) is 24.7 Å². The van der Waals surface area contributed by atoms with Gasteiger partial charge in [-0.3, -0.25) is 4.79 Å². The number of amides is 1. The van der Waals surface area contributed by atoms with Crippen molar-refractivity contribution in [3.63, 3.8) is 0 Å². The number of fused-ring (bicyclic) bond motifs is 1. The van der Waals surface area contributed by atoms with E-state index in [2.05, 4.69) is 34.6 Å². The molecule has 0 atom stereocenters. The van der Waals surface area contributed by atoms with Crippen molar-refractivity contribution in [3.05, 3.63) is 6.20 Å². The molecule has 1 saturated carbocycles. The van der Waals surface area contributed by atoms with Crippen LogP contribution in [0.15, 0.2) is 11.4 Å². The van der Waals surface area contributed by atoms with E-state index in [0.717, 1.165) is 22.0 Å². The van der Waals surface area contributed by atoms with Gasteiger partial charge in [-0.2, -0.15) is 5.10 Å². The largest absolute Gasteiger partial charge is 0.383 e. The minimum atomic E-state index is 0.144. The summed E-state index contributed by atoms with van der Waals surface area (Å²) < 4.78 is 6.98. The molecule has 2 aromatic rings. The number of carbonyl (C=O) groups is 1. The Morgan fingerprint density at radius 3 is 2.80 bits per heavy atom. The average Bonchev–Trinajstić information content (AvgIpc) is 3.11. The van der Waals surface area contributed by atoms with Crippen LogP contribution >= 0.6 is 11.8 Å². The molecule has 2 heterocycles. The van der Waals surface area contributed by atoms with Crippen LogP contribution in [0.1, 0.15) is 52.4 Å². The number of nitrogens with one attached hydrogen (secondary N) is 2. The Balaban J connectivity index is 1.64. The highest BCUT2D eigenvalue weighted by Gasteiger charge is 2.17. The minimum Gasteiger partial charge on any atom is -0.383 e. The van der Waals surface area contributed by atoms with Gasteiger partial charge in [0.15, 0.2) is 10.8 Å². The van der Waals surface area contributed by atoms with Gasteiger partial charge in [-0.15, -0.1) is 0 Å². The zero-order valence-electron chi connectivity index (χ0n) is 18.3. The number of aromatic nitrogens is 4. The fourth-order valence-corrected chi connectivity index (χ4v) is 4.50. The molecule has 0 radical (unpaired) electrons. The van der Waals surface area contributed by atoms with Crippen molar-refractivity contribution < 1.29 is 9.53 Å². The van der Waals surface area contributed by atoms with E-state index in [1.165, 1.54) is 32.1 Å². The lowest BCUT2D eigenvalue weighted by molar-refractivity contribution is -0.122. The lowest BCUT2D eigenvalue weighted by atomic mass is 9.87. The van der Waals surface area contributed by atoms with Gasteiger partial charge >= 0.3 is 0 Å². The Bertz CT molecular complexity index is 819. The number of ether oxygens (including phenoxy) is 1. The molecule has 2 aromatic heterocycles. The number of rotatable bonds is 11. The third-order valence-corrected chi connectivity index (χ3v) is 6.12. The highest BCUT2D eigenvalue weighted by molar-refractivity contribution is 7.99. The van der Waals surface area contributed by atoms with Gasteiger partial charge in [-0.1, -0.05) is 44.9 Å². The second kappa shape index (κ2) is 11.5. The van der Waals surface area contributed by atoms with Crippen LogP contribution in [0.4, 0.5) is 5.82 Å². The smallest absolute Gasteiger partial charge is 0.220 e. The summed E-state index contributed by atoms with van der Waals surface area (Å²) >= 11 is 1.62. The monoisotopic (exact) mass is 434 g/mol. The zero-order chi connectivity index (χ0) is 21.3. The molecule has 2 N–H and O–H groups in total. The fraction of sp³-hybridized carbons (Fsp3) is 0.714. The molecular weight excluding hydrogens is 400 g/mol. The van der Waals surface area contributed by atoms with E-state index in [1.807, 2.05) is 4.68 Å². The van der Waals surface area contributed by atoms with Crippen molar-refractivity contribution in [2.45, 2.75) is 69.3 Å². The summed E-state index contributed by atoms with van der Waals surface area (Å²) in [5.41, 5.74) is 0.787. The van der Waals surface area contributed by atoms with Crippen LogP contribution in [0.2, 0.25) is 0 Å². The lowest BCUT2D eigenvalue weighted by Crippen LogP contribution is -2.29. The number of hydrogen-bond acceptors (Lipinski definition) is 7. The van der Waals surface area contributed by atoms with Gasteiger partial charge in [0.2, 0.25) is 5.91 Å². The van der Waals surface area contributed by atoms with E-state index in [9.17, 15) is 4.79 Å². The molecule has 0 saturated heterocycles. The number of thioether (sulfide) groups is 1. The van der Waals surface area contributed by atoms with E-state index < -0.39 is 0 Å². The van der Waals surface area contributed by atoms with Gasteiger partial charge < -0.3 is 15.4 Å². The maximum atomic E-state index is 12.3. The maximum absolute atomic E-state index is 12.3. The maximum Gasteiger partial charge on any atom is 0.220 e. The average molecular weight is 435 g/mol. The van der Waals surface area contributed by atoms with Crippen molar-refractivity contribution >= 4 is 34.5 Å². The second-order valence-corrected chi connectivity index (χ2v) is 9.65. The van der Waals surface area contributed by atoms with Crippen LogP contribution in [-0.4, -0.2) is 57.7 Å². The summed E-state index contributed by atoms with van der Waals surface area (Å²) in [5.74, 6) is 1.46. The first kappa shape index (κ1) is 22.8. The fourth-order valence-electron chi connectivity index (χ4n) is 3.80. The van der Waals surface area contributed by atoms with Gasteiger partial charge in [0.1, 0.15) is 5.82 Å². The van der Waals surface area contributed by atoms with Crippen molar-refractivity contribution in [2.24, 2.45) is 5.92 Å². The normalized spacial score (nSPS) is 15.1. The van der Waals surface area contributed by atoms with Crippen LogP contribution in [0.25, 0.3) is 11.0 Å². The summed E-state index contributed by atoms with van der Waals surface area (Å²) in [5, 5.41) is 12.9.